The number of carbonyl (C=O) groups excluding carboxylic acids is 4. The third kappa shape index (κ3) is 4.32. The number of benzene rings is 2. The summed E-state index contributed by atoms with van der Waals surface area (Å²) in [6.07, 6.45) is 5.12. The maximum atomic E-state index is 12.8. The van der Waals surface area contributed by atoms with Crippen molar-refractivity contribution in [1.29, 1.82) is 0 Å². The minimum absolute atomic E-state index is 0.0672. The summed E-state index contributed by atoms with van der Waals surface area (Å²) in [4.78, 5) is 53.6. The highest BCUT2D eigenvalue weighted by molar-refractivity contribution is 6.22. The van der Waals surface area contributed by atoms with Crippen molar-refractivity contribution in [1.82, 2.24) is 0 Å². The van der Waals surface area contributed by atoms with Crippen molar-refractivity contribution >= 4 is 35.1 Å². The molecule has 0 unspecified atom stereocenters. The van der Waals surface area contributed by atoms with Crippen LogP contribution in [0.4, 0.5) is 11.4 Å². The lowest BCUT2D eigenvalue weighted by Crippen LogP contribution is -2.30. The Morgan fingerprint density at radius 2 is 1.43 bits per heavy atom. The van der Waals surface area contributed by atoms with Gasteiger partial charge in [0.15, 0.2) is 0 Å². The second kappa shape index (κ2) is 9.37. The topological polar surface area (TPSA) is 93.2 Å². The highest BCUT2D eigenvalue weighted by Gasteiger charge is 2.47. The molecule has 0 spiro atoms. The van der Waals surface area contributed by atoms with Gasteiger partial charge in [0.25, 0.3) is 0 Å². The van der Waals surface area contributed by atoms with Gasteiger partial charge in [-0.2, -0.15) is 0 Å². The van der Waals surface area contributed by atoms with Crippen LogP contribution in [0.3, 0.4) is 0 Å². The van der Waals surface area contributed by atoms with Crippen molar-refractivity contribution in [3.8, 4) is 11.5 Å². The van der Waals surface area contributed by atoms with Gasteiger partial charge in [0, 0.05) is 18.7 Å². The van der Waals surface area contributed by atoms with E-state index < -0.39 is 11.9 Å². The Bertz CT molecular complexity index is 1160. The predicted octanol–water partition coefficient (Wildman–Crippen LogP) is 3.50. The summed E-state index contributed by atoms with van der Waals surface area (Å²) in [6.45, 7) is 2.69. The number of imide groups is 1. The van der Waals surface area contributed by atoms with Crippen molar-refractivity contribution < 1.29 is 28.7 Å². The number of anilines is 2. The van der Waals surface area contributed by atoms with Gasteiger partial charge in [-0.1, -0.05) is 12.2 Å². The first-order valence-electron chi connectivity index (χ1n) is 11.8. The maximum absolute atomic E-state index is 12.8. The van der Waals surface area contributed by atoms with E-state index in [1.165, 1.54) is 4.90 Å². The lowest BCUT2D eigenvalue weighted by Gasteiger charge is -2.17. The maximum Gasteiger partial charge on any atom is 0.316 e. The van der Waals surface area contributed by atoms with E-state index in [2.05, 4.69) is 0 Å². The van der Waals surface area contributed by atoms with Gasteiger partial charge in [-0.25, -0.2) is 0 Å². The third-order valence-electron chi connectivity index (χ3n) is 6.74. The predicted molar refractivity (Wildman–Crippen MR) is 128 cm³/mol. The van der Waals surface area contributed by atoms with E-state index >= 15 is 0 Å². The number of carbonyl (C=O) groups is 4. The first kappa shape index (κ1) is 22.8. The van der Waals surface area contributed by atoms with E-state index in [0.29, 0.717) is 36.6 Å². The van der Waals surface area contributed by atoms with E-state index in [-0.39, 0.29) is 42.5 Å². The monoisotopic (exact) mass is 474 g/mol. The Balaban J connectivity index is 1.22. The highest BCUT2D eigenvalue weighted by atomic mass is 16.5. The lowest BCUT2D eigenvalue weighted by atomic mass is 9.85. The van der Waals surface area contributed by atoms with Gasteiger partial charge < -0.3 is 14.4 Å². The number of amides is 3. The van der Waals surface area contributed by atoms with Gasteiger partial charge in [0.2, 0.25) is 17.7 Å². The fourth-order valence-corrected chi connectivity index (χ4v) is 4.92. The molecule has 0 radical (unpaired) electrons. The zero-order valence-electron chi connectivity index (χ0n) is 19.4. The van der Waals surface area contributed by atoms with Crippen molar-refractivity contribution in [2.45, 2.75) is 26.2 Å². The molecule has 8 nitrogen and oxygen atoms in total. The number of esters is 1. The summed E-state index contributed by atoms with van der Waals surface area (Å²) in [5, 5.41) is 0. The van der Waals surface area contributed by atoms with Crippen LogP contribution in [0.15, 0.2) is 60.7 Å². The Hall–Kier alpha value is -3.94. The number of ether oxygens (including phenoxy) is 2. The van der Waals surface area contributed by atoms with Crippen LogP contribution in [-0.4, -0.2) is 36.8 Å². The van der Waals surface area contributed by atoms with E-state index in [9.17, 15) is 19.2 Å². The zero-order chi connectivity index (χ0) is 24.5. The number of allylic oxidation sites excluding steroid dienone is 2. The Morgan fingerprint density at radius 3 is 2.03 bits per heavy atom. The Labute approximate surface area is 203 Å². The second-order valence-electron chi connectivity index (χ2n) is 8.91. The lowest BCUT2D eigenvalue weighted by molar-refractivity contribution is -0.139. The SMILES string of the molecule is CCOc1ccc(N2C[C@@H](C(=O)Oc3ccc(N4C(=O)[C@H]5CC=CC[C@@H]5C4=O)cc3)CC2=O)cc1. The van der Waals surface area contributed by atoms with Crippen molar-refractivity contribution in [2.24, 2.45) is 17.8 Å². The first-order valence-corrected chi connectivity index (χ1v) is 11.8. The molecule has 5 rings (SSSR count). The standard InChI is InChI=1S/C27H26N2O6/c1-2-34-20-11-7-18(8-12-20)28-16-17(15-24(28)30)27(33)35-21-13-9-19(10-14-21)29-25(31)22-5-3-4-6-23(22)26(29)32/h3-4,7-14,17,22-23H,2,5-6,15-16H2,1H3/t17-,22-,23-/m0/s1. The average Bonchev–Trinajstić information content (AvgIpc) is 3.38. The van der Waals surface area contributed by atoms with Gasteiger partial charge in [-0.3, -0.25) is 24.1 Å². The summed E-state index contributed by atoms with van der Waals surface area (Å²) in [5.41, 5.74) is 1.17. The largest absolute Gasteiger partial charge is 0.494 e. The molecule has 2 aromatic rings. The van der Waals surface area contributed by atoms with Crippen LogP contribution in [0.1, 0.15) is 26.2 Å². The van der Waals surface area contributed by atoms with E-state index in [4.69, 9.17) is 9.47 Å². The Morgan fingerprint density at radius 1 is 0.857 bits per heavy atom. The van der Waals surface area contributed by atoms with Crippen molar-refractivity contribution in [3.05, 3.63) is 60.7 Å². The number of fused-ring (bicyclic) bond motifs is 1. The smallest absolute Gasteiger partial charge is 0.316 e. The molecule has 3 amide bonds. The molecule has 180 valence electrons. The van der Waals surface area contributed by atoms with E-state index in [0.717, 1.165) is 5.75 Å². The number of rotatable bonds is 6. The minimum Gasteiger partial charge on any atom is -0.494 e. The fraction of sp³-hybridized carbons (Fsp3) is 0.333. The van der Waals surface area contributed by atoms with Gasteiger partial charge >= 0.3 is 5.97 Å². The minimum atomic E-state index is -0.592. The summed E-state index contributed by atoms with van der Waals surface area (Å²) >= 11 is 0. The molecule has 2 fully saturated rings. The molecule has 2 heterocycles. The molecule has 0 aromatic heterocycles. The van der Waals surface area contributed by atoms with Crippen LogP contribution in [-0.2, 0) is 19.2 Å². The molecule has 2 aromatic carbocycles. The van der Waals surface area contributed by atoms with Crippen molar-refractivity contribution in [3.63, 3.8) is 0 Å². The van der Waals surface area contributed by atoms with E-state index in [1.807, 2.05) is 19.1 Å². The second-order valence-corrected chi connectivity index (χ2v) is 8.91. The highest BCUT2D eigenvalue weighted by Crippen LogP contribution is 2.38. The molecule has 2 aliphatic heterocycles. The van der Waals surface area contributed by atoms with E-state index in [1.54, 1.807) is 53.4 Å². The van der Waals surface area contributed by atoms with Crippen LogP contribution in [0.25, 0.3) is 0 Å². The van der Waals surface area contributed by atoms with Crippen molar-refractivity contribution in [2.75, 3.05) is 23.0 Å². The first-order chi connectivity index (χ1) is 17.0. The molecule has 3 atom stereocenters. The number of hydrogen-bond donors (Lipinski definition) is 0. The quantitative estimate of drug-likeness (QED) is 0.275. The molecule has 2 saturated heterocycles. The van der Waals surface area contributed by atoms with Crippen LogP contribution in [0.5, 0.6) is 11.5 Å². The molecule has 1 aliphatic carbocycles. The summed E-state index contributed by atoms with van der Waals surface area (Å²) in [6, 6.07) is 13.5. The molecule has 0 saturated carbocycles. The summed E-state index contributed by atoms with van der Waals surface area (Å²) in [7, 11) is 0. The molecular weight excluding hydrogens is 448 g/mol. The van der Waals surface area contributed by atoms with Crippen LogP contribution in [0.2, 0.25) is 0 Å². The van der Waals surface area contributed by atoms with Crippen LogP contribution in [0, 0.1) is 17.8 Å². The van der Waals surface area contributed by atoms with Gasteiger partial charge in [0.05, 0.1) is 30.0 Å². The average molecular weight is 475 g/mol. The number of hydrogen-bond acceptors (Lipinski definition) is 6. The fourth-order valence-electron chi connectivity index (χ4n) is 4.92. The number of nitrogens with zero attached hydrogens (tertiary/aromatic N) is 2. The molecule has 0 N–H and O–H groups in total. The Kier molecular flexibility index (Phi) is 6.11. The van der Waals surface area contributed by atoms with Crippen LogP contribution >= 0.6 is 0 Å². The third-order valence-corrected chi connectivity index (χ3v) is 6.74. The normalized spacial score (nSPS) is 23.6. The zero-order valence-corrected chi connectivity index (χ0v) is 19.4. The van der Waals surface area contributed by atoms with Gasteiger partial charge in [-0.15, -0.1) is 0 Å². The molecule has 0 bridgehead atoms. The molecule has 35 heavy (non-hydrogen) atoms. The van der Waals surface area contributed by atoms with Gasteiger partial charge in [-0.05, 0) is 68.3 Å². The molecular formula is C27H26N2O6. The van der Waals surface area contributed by atoms with Crippen LogP contribution < -0.4 is 19.3 Å². The summed E-state index contributed by atoms with van der Waals surface area (Å²) < 4.78 is 10.9. The van der Waals surface area contributed by atoms with Gasteiger partial charge in [0.1, 0.15) is 11.5 Å². The molecule has 3 aliphatic rings. The molecule has 8 heteroatoms. The summed E-state index contributed by atoms with van der Waals surface area (Å²) in [5.74, 6) is -1.20.